The van der Waals surface area contributed by atoms with Gasteiger partial charge >= 0.3 is 0 Å². The Balaban J connectivity index is 0.00000280. The molecule has 0 aliphatic carbocycles. The van der Waals surface area contributed by atoms with Crippen molar-refractivity contribution in [2.24, 2.45) is 12.0 Å². The fourth-order valence-electron chi connectivity index (χ4n) is 3.40. The van der Waals surface area contributed by atoms with Crippen LogP contribution in [0.2, 0.25) is 0 Å². The van der Waals surface area contributed by atoms with E-state index in [2.05, 4.69) is 55.6 Å². The third-order valence-corrected chi connectivity index (χ3v) is 4.95. The molecule has 1 N–H and O–H groups in total. The van der Waals surface area contributed by atoms with Crippen LogP contribution in [0.25, 0.3) is 0 Å². The molecule has 0 radical (unpaired) electrons. The van der Waals surface area contributed by atoms with Gasteiger partial charge in [0.05, 0.1) is 17.9 Å². The van der Waals surface area contributed by atoms with Gasteiger partial charge in [-0.2, -0.15) is 5.10 Å². The van der Waals surface area contributed by atoms with Gasteiger partial charge < -0.3 is 19.6 Å². The average molecular weight is 502 g/mol. The van der Waals surface area contributed by atoms with Crippen LogP contribution >= 0.6 is 24.0 Å². The molecule has 0 amide bonds. The molecule has 0 saturated carbocycles. The van der Waals surface area contributed by atoms with Crippen LogP contribution in [0.1, 0.15) is 17.3 Å². The first-order chi connectivity index (χ1) is 13.1. The standard InChI is InChI=1S/C18H30N8O.HI/c1-19-18(20-12-17(23(2)3)15-11-21-24(4)13-15)26-8-6-25(7-9-26)14-16-5-10-27-22-16;/h5,10-11,13,17H,6-9,12,14H2,1-4H3,(H,19,20);1H. The lowest BCUT2D eigenvalue weighted by Crippen LogP contribution is -2.53. The Hall–Kier alpha value is -1.66. The van der Waals surface area contributed by atoms with Crippen LogP contribution in [0, 0.1) is 0 Å². The van der Waals surface area contributed by atoms with Gasteiger partial charge in [-0.25, -0.2) is 0 Å². The molecule has 3 heterocycles. The van der Waals surface area contributed by atoms with Crippen molar-refractivity contribution in [1.29, 1.82) is 0 Å². The molecule has 0 spiro atoms. The van der Waals surface area contributed by atoms with Crippen LogP contribution in [0.4, 0.5) is 0 Å². The molecule has 1 unspecified atom stereocenters. The molecule has 1 aliphatic rings. The predicted molar refractivity (Wildman–Crippen MR) is 120 cm³/mol. The largest absolute Gasteiger partial charge is 0.364 e. The highest BCUT2D eigenvalue weighted by atomic mass is 127. The molecular formula is C18H31IN8O. The van der Waals surface area contributed by atoms with E-state index < -0.39 is 0 Å². The molecular weight excluding hydrogens is 471 g/mol. The molecule has 156 valence electrons. The topological polar surface area (TPSA) is 78.0 Å². The second-order valence-corrected chi connectivity index (χ2v) is 7.11. The monoisotopic (exact) mass is 502 g/mol. The van der Waals surface area contributed by atoms with E-state index in [1.807, 2.05) is 31.0 Å². The van der Waals surface area contributed by atoms with Gasteiger partial charge in [0.2, 0.25) is 0 Å². The van der Waals surface area contributed by atoms with Gasteiger partial charge in [-0.05, 0) is 14.1 Å². The molecule has 1 aliphatic heterocycles. The molecule has 1 fully saturated rings. The highest BCUT2D eigenvalue weighted by Gasteiger charge is 2.22. The highest BCUT2D eigenvalue weighted by Crippen LogP contribution is 2.16. The number of halogens is 1. The molecule has 1 atom stereocenters. The van der Waals surface area contributed by atoms with Crippen LogP contribution in [0.3, 0.4) is 0 Å². The summed E-state index contributed by atoms with van der Waals surface area (Å²) in [5.41, 5.74) is 2.18. The number of rotatable bonds is 6. The first-order valence-corrected chi connectivity index (χ1v) is 9.29. The van der Waals surface area contributed by atoms with E-state index in [-0.39, 0.29) is 30.0 Å². The number of hydrogen-bond donors (Lipinski definition) is 1. The minimum absolute atomic E-state index is 0. The summed E-state index contributed by atoms with van der Waals surface area (Å²) < 4.78 is 6.76. The van der Waals surface area contributed by atoms with Gasteiger partial charge in [-0.3, -0.25) is 14.6 Å². The number of likely N-dealkylation sites (N-methyl/N-ethyl adjacent to an activating group) is 1. The number of aliphatic imine (C=N–C) groups is 1. The van der Waals surface area contributed by atoms with Crippen LogP contribution in [-0.4, -0.2) is 89.5 Å². The third kappa shape index (κ3) is 5.92. The number of hydrogen-bond acceptors (Lipinski definition) is 6. The number of aryl methyl sites for hydroxylation is 1. The zero-order valence-corrected chi connectivity index (χ0v) is 19.4. The summed E-state index contributed by atoms with van der Waals surface area (Å²) >= 11 is 0. The van der Waals surface area contributed by atoms with Crippen LogP contribution in [-0.2, 0) is 13.6 Å². The van der Waals surface area contributed by atoms with E-state index in [4.69, 9.17) is 4.52 Å². The molecule has 10 heteroatoms. The summed E-state index contributed by atoms with van der Waals surface area (Å²) in [6.45, 7) is 5.46. The molecule has 2 aromatic rings. The zero-order chi connectivity index (χ0) is 19.2. The maximum Gasteiger partial charge on any atom is 0.193 e. The van der Waals surface area contributed by atoms with Gasteiger partial charge in [0, 0.05) is 71.2 Å². The van der Waals surface area contributed by atoms with Crippen molar-refractivity contribution in [3.8, 4) is 0 Å². The highest BCUT2D eigenvalue weighted by molar-refractivity contribution is 14.0. The summed E-state index contributed by atoms with van der Waals surface area (Å²) in [7, 11) is 7.97. The van der Waals surface area contributed by atoms with E-state index in [0.717, 1.165) is 50.9 Å². The van der Waals surface area contributed by atoms with Gasteiger partial charge in [0.15, 0.2) is 5.96 Å². The van der Waals surface area contributed by atoms with Gasteiger partial charge in [0.1, 0.15) is 6.26 Å². The molecule has 1 saturated heterocycles. The Morgan fingerprint density at radius 2 is 2.07 bits per heavy atom. The van der Waals surface area contributed by atoms with Crippen molar-refractivity contribution in [1.82, 2.24) is 35.0 Å². The smallest absolute Gasteiger partial charge is 0.193 e. The van der Waals surface area contributed by atoms with Crippen molar-refractivity contribution < 1.29 is 4.52 Å². The van der Waals surface area contributed by atoms with Gasteiger partial charge in [-0.15, -0.1) is 24.0 Å². The Labute approximate surface area is 183 Å². The second-order valence-electron chi connectivity index (χ2n) is 7.11. The average Bonchev–Trinajstić information content (AvgIpc) is 3.31. The lowest BCUT2D eigenvalue weighted by atomic mass is 10.1. The molecule has 0 aromatic carbocycles. The quantitative estimate of drug-likeness (QED) is 0.359. The Kier molecular flexibility index (Phi) is 8.70. The van der Waals surface area contributed by atoms with E-state index in [9.17, 15) is 0 Å². The van der Waals surface area contributed by atoms with Crippen molar-refractivity contribution in [3.63, 3.8) is 0 Å². The fraction of sp³-hybridized carbons (Fsp3) is 0.611. The molecule has 9 nitrogen and oxygen atoms in total. The van der Waals surface area contributed by atoms with E-state index in [1.165, 1.54) is 5.56 Å². The lowest BCUT2D eigenvalue weighted by Gasteiger charge is -2.36. The molecule has 28 heavy (non-hydrogen) atoms. The summed E-state index contributed by atoms with van der Waals surface area (Å²) in [5.74, 6) is 0.951. The van der Waals surface area contributed by atoms with Gasteiger partial charge in [-0.1, -0.05) is 5.16 Å². The predicted octanol–water partition coefficient (Wildman–Crippen LogP) is 1.02. The van der Waals surface area contributed by atoms with Gasteiger partial charge in [0.25, 0.3) is 0 Å². The van der Waals surface area contributed by atoms with Crippen molar-refractivity contribution >= 4 is 29.9 Å². The summed E-state index contributed by atoms with van der Waals surface area (Å²) in [6.07, 6.45) is 5.62. The summed E-state index contributed by atoms with van der Waals surface area (Å²) in [5, 5.41) is 11.8. The SMILES string of the molecule is CN=C(NCC(c1cnn(C)c1)N(C)C)N1CCN(Cc2ccon2)CC1.I. The minimum atomic E-state index is 0. The van der Waals surface area contributed by atoms with Crippen LogP contribution in [0.5, 0.6) is 0 Å². The number of aromatic nitrogens is 3. The normalized spacial score (nSPS) is 16.9. The van der Waals surface area contributed by atoms with Crippen LogP contribution in [0.15, 0.2) is 34.2 Å². The number of piperazine rings is 1. The zero-order valence-electron chi connectivity index (χ0n) is 17.1. The van der Waals surface area contributed by atoms with E-state index >= 15 is 0 Å². The third-order valence-electron chi connectivity index (χ3n) is 4.95. The molecule has 3 rings (SSSR count). The summed E-state index contributed by atoms with van der Waals surface area (Å²) in [4.78, 5) is 11.4. The Bertz CT molecular complexity index is 722. The van der Waals surface area contributed by atoms with Crippen molar-refractivity contribution in [2.45, 2.75) is 12.6 Å². The van der Waals surface area contributed by atoms with Crippen molar-refractivity contribution in [3.05, 3.63) is 36.0 Å². The first kappa shape index (κ1) is 22.6. The molecule has 0 bridgehead atoms. The maximum absolute atomic E-state index is 4.92. The summed E-state index contributed by atoms with van der Waals surface area (Å²) in [6, 6.07) is 2.16. The van der Waals surface area contributed by atoms with E-state index in [0.29, 0.717) is 0 Å². The number of nitrogens with one attached hydrogen (secondary N) is 1. The Morgan fingerprint density at radius 1 is 1.32 bits per heavy atom. The lowest BCUT2D eigenvalue weighted by molar-refractivity contribution is 0.168. The van der Waals surface area contributed by atoms with E-state index in [1.54, 1.807) is 6.26 Å². The molecule has 2 aromatic heterocycles. The first-order valence-electron chi connectivity index (χ1n) is 9.29. The Morgan fingerprint density at radius 3 is 2.61 bits per heavy atom. The van der Waals surface area contributed by atoms with Crippen molar-refractivity contribution in [2.75, 3.05) is 53.9 Å². The van der Waals surface area contributed by atoms with Crippen LogP contribution < -0.4 is 5.32 Å². The second kappa shape index (κ2) is 10.8. The number of guanidine groups is 1. The maximum atomic E-state index is 4.92. The fourth-order valence-corrected chi connectivity index (χ4v) is 3.40. The number of nitrogens with zero attached hydrogens (tertiary/aromatic N) is 7. The minimum Gasteiger partial charge on any atom is -0.364 e.